The quantitative estimate of drug-likeness (QED) is 0.726. The zero-order valence-corrected chi connectivity index (χ0v) is 11.8. The maximum absolute atomic E-state index is 12.1. The fourth-order valence-corrected chi connectivity index (χ4v) is 1.76. The van der Waals surface area contributed by atoms with Crippen LogP contribution in [0.15, 0.2) is 0 Å². The number of rotatable bonds is 6. The highest BCUT2D eigenvalue weighted by Crippen LogP contribution is 2.19. The van der Waals surface area contributed by atoms with Crippen molar-refractivity contribution < 1.29 is 4.79 Å². The van der Waals surface area contributed by atoms with Crippen molar-refractivity contribution in [1.29, 1.82) is 0 Å². The van der Waals surface area contributed by atoms with Crippen LogP contribution in [0.25, 0.3) is 0 Å². The van der Waals surface area contributed by atoms with Crippen LogP contribution in [-0.2, 0) is 6.42 Å². The minimum Gasteiger partial charge on any atom is -0.395 e. The summed E-state index contributed by atoms with van der Waals surface area (Å²) in [6.07, 6.45) is 3.53. The number of amides is 1. The molecule has 102 valence electrons. The molecule has 1 heterocycles. The Labute approximate surface area is 109 Å². The van der Waals surface area contributed by atoms with Crippen LogP contribution in [0.3, 0.4) is 0 Å². The summed E-state index contributed by atoms with van der Waals surface area (Å²) in [5.41, 5.74) is 7.37. The normalized spacial score (nSPS) is 11.6. The molecule has 0 aromatic carbocycles. The Morgan fingerprint density at radius 2 is 2.00 bits per heavy atom. The molecule has 0 unspecified atom stereocenters. The molecule has 1 aromatic heterocycles. The Balaban J connectivity index is 2.85. The van der Waals surface area contributed by atoms with Gasteiger partial charge >= 0.3 is 0 Å². The van der Waals surface area contributed by atoms with Crippen LogP contribution >= 0.6 is 0 Å². The number of carbonyl (C=O) groups excluding carboxylic acids is 1. The van der Waals surface area contributed by atoms with Crippen LogP contribution in [-0.4, -0.2) is 21.6 Å². The topological polar surface area (TPSA) is 83.8 Å². The van der Waals surface area contributed by atoms with Crippen LogP contribution in [0.4, 0.5) is 5.69 Å². The fourth-order valence-electron chi connectivity index (χ4n) is 1.76. The number of aromatic nitrogens is 2. The van der Waals surface area contributed by atoms with Gasteiger partial charge in [-0.2, -0.15) is 5.10 Å². The summed E-state index contributed by atoms with van der Waals surface area (Å²) < 4.78 is 0. The molecule has 5 heteroatoms. The van der Waals surface area contributed by atoms with Crippen LogP contribution < -0.4 is 11.1 Å². The lowest BCUT2D eigenvalue weighted by Gasteiger charge is -2.27. The Hall–Kier alpha value is -1.52. The van der Waals surface area contributed by atoms with Gasteiger partial charge in [-0.1, -0.05) is 27.2 Å². The molecular formula is C13H24N4O. The molecule has 0 aliphatic carbocycles. The van der Waals surface area contributed by atoms with E-state index >= 15 is 0 Å². The van der Waals surface area contributed by atoms with E-state index in [-0.39, 0.29) is 11.4 Å². The van der Waals surface area contributed by atoms with Crippen LogP contribution in [0.1, 0.15) is 63.1 Å². The summed E-state index contributed by atoms with van der Waals surface area (Å²) in [6.45, 7) is 8.20. The Morgan fingerprint density at radius 1 is 1.39 bits per heavy atom. The van der Waals surface area contributed by atoms with Gasteiger partial charge in [-0.3, -0.25) is 9.89 Å². The highest BCUT2D eigenvalue weighted by atomic mass is 16.2. The summed E-state index contributed by atoms with van der Waals surface area (Å²) >= 11 is 0. The monoisotopic (exact) mass is 252 g/mol. The molecule has 1 rings (SSSR count). The molecule has 1 aromatic rings. The number of nitrogens with two attached hydrogens (primary N) is 1. The van der Waals surface area contributed by atoms with E-state index in [0.717, 1.165) is 31.4 Å². The van der Waals surface area contributed by atoms with E-state index < -0.39 is 0 Å². The van der Waals surface area contributed by atoms with E-state index in [9.17, 15) is 4.79 Å². The van der Waals surface area contributed by atoms with Crippen molar-refractivity contribution in [3.8, 4) is 0 Å². The fraction of sp³-hybridized carbons (Fsp3) is 0.692. The molecule has 0 atom stereocenters. The molecule has 0 spiro atoms. The molecule has 0 aliphatic rings. The van der Waals surface area contributed by atoms with Crippen molar-refractivity contribution in [3.63, 3.8) is 0 Å². The highest BCUT2D eigenvalue weighted by molar-refractivity contribution is 5.98. The first-order valence-corrected chi connectivity index (χ1v) is 6.62. The minimum absolute atomic E-state index is 0.197. The molecule has 0 fully saturated rings. The van der Waals surface area contributed by atoms with Gasteiger partial charge in [-0.25, -0.2) is 0 Å². The van der Waals surface area contributed by atoms with Gasteiger partial charge in [-0.05, 0) is 26.2 Å². The van der Waals surface area contributed by atoms with Crippen LogP contribution in [0.5, 0.6) is 0 Å². The number of nitrogen functional groups attached to an aromatic ring is 1. The second kappa shape index (κ2) is 5.89. The third-order valence-electron chi connectivity index (χ3n) is 3.57. The molecule has 0 saturated heterocycles. The molecule has 0 saturated carbocycles. The summed E-state index contributed by atoms with van der Waals surface area (Å²) in [5, 5.41) is 9.87. The molecule has 0 bridgehead atoms. The van der Waals surface area contributed by atoms with Crippen molar-refractivity contribution >= 4 is 11.6 Å². The van der Waals surface area contributed by atoms with E-state index in [1.807, 2.05) is 6.92 Å². The zero-order valence-electron chi connectivity index (χ0n) is 11.8. The van der Waals surface area contributed by atoms with Gasteiger partial charge in [0.15, 0.2) is 5.69 Å². The third kappa shape index (κ3) is 3.03. The SMILES string of the molecule is CCCc1[nH]nc(C(=O)NC(C)(CC)CC)c1N. The van der Waals surface area contributed by atoms with Gasteiger partial charge in [-0.15, -0.1) is 0 Å². The number of anilines is 1. The lowest BCUT2D eigenvalue weighted by Crippen LogP contribution is -2.45. The zero-order chi connectivity index (χ0) is 13.8. The Bertz CT molecular complexity index is 407. The van der Waals surface area contributed by atoms with Gasteiger partial charge < -0.3 is 11.1 Å². The molecule has 0 aliphatic heterocycles. The van der Waals surface area contributed by atoms with E-state index in [1.54, 1.807) is 0 Å². The van der Waals surface area contributed by atoms with Gasteiger partial charge in [0.2, 0.25) is 0 Å². The van der Waals surface area contributed by atoms with Crippen molar-refractivity contribution in [1.82, 2.24) is 15.5 Å². The predicted octanol–water partition coefficient (Wildman–Crippen LogP) is 2.25. The summed E-state index contributed by atoms with van der Waals surface area (Å²) in [4.78, 5) is 12.1. The largest absolute Gasteiger partial charge is 0.395 e. The summed E-state index contributed by atoms with van der Waals surface area (Å²) in [7, 11) is 0. The first kappa shape index (κ1) is 14.5. The van der Waals surface area contributed by atoms with Gasteiger partial charge in [0, 0.05) is 5.54 Å². The predicted molar refractivity (Wildman–Crippen MR) is 73.4 cm³/mol. The highest BCUT2D eigenvalue weighted by Gasteiger charge is 2.25. The van der Waals surface area contributed by atoms with Gasteiger partial charge in [0.05, 0.1) is 11.4 Å². The summed E-state index contributed by atoms with van der Waals surface area (Å²) in [6, 6.07) is 0. The van der Waals surface area contributed by atoms with Crippen molar-refractivity contribution in [3.05, 3.63) is 11.4 Å². The van der Waals surface area contributed by atoms with Crippen LogP contribution in [0, 0.1) is 0 Å². The molecule has 18 heavy (non-hydrogen) atoms. The van der Waals surface area contributed by atoms with Crippen molar-refractivity contribution in [2.45, 2.75) is 58.9 Å². The number of hydrogen-bond donors (Lipinski definition) is 3. The van der Waals surface area contributed by atoms with Gasteiger partial charge in [0.1, 0.15) is 0 Å². The van der Waals surface area contributed by atoms with Crippen molar-refractivity contribution in [2.24, 2.45) is 0 Å². The first-order chi connectivity index (χ1) is 8.47. The second-order valence-corrected chi connectivity index (χ2v) is 4.94. The van der Waals surface area contributed by atoms with Crippen LogP contribution in [0.2, 0.25) is 0 Å². The maximum Gasteiger partial charge on any atom is 0.274 e. The second-order valence-electron chi connectivity index (χ2n) is 4.94. The van der Waals surface area contributed by atoms with Crippen molar-refractivity contribution in [2.75, 3.05) is 5.73 Å². The first-order valence-electron chi connectivity index (χ1n) is 6.62. The molecule has 1 amide bonds. The standard InChI is InChI=1S/C13H24N4O/c1-5-8-9-10(14)11(17-16-9)12(18)15-13(4,6-2)7-3/h5-8,14H2,1-4H3,(H,15,18)(H,16,17). The lowest BCUT2D eigenvalue weighted by molar-refractivity contribution is 0.0897. The van der Waals surface area contributed by atoms with E-state index in [0.29, 0.717) is 11.4 Å². The smallest absolute Gasteiger partial charge is 0.274 e. The summed E-state index contributed by atoms with van der Waals surface area (Å²) in [5.74, 6) is -0.197. The van der Waals surface area contributed by atoms with E-state index in [4.69, 9.17) is 5.73 Å². The maximum atomic E-state index is 12.1. The van der Waals surface area contributed by atoms with E-state index in [1.165, 1.54) is 0 Å². The number of H-pyrrole nitrogens is 1. The van der Waals surface area contributed by atoms with E-state index in [2.05, 4.69) is 36.3 Å². The number of nitrogens with one attached hydrogen (secondary N) is 2. The molecule has 0 radical (unpaired) electrons. The number of aromatic amines is 1. The van der Waals surface area contributed by atoms with Gasteiger partial charge in [0.25, 0.3) is 5.91 Å². The minimum atomic E-state index is -0.201. The Morgan fingerprint density at radius 3 is 2.50 bits per heavy atom. The molecular weight excluding hydrogens is 228 g/mol. The number of nitrogens with zero attached hydrogens (tertiary/aromatic N) is 1. The third-order valence-corrected chi connectivity index (χ3v) is 3.57. The Kier molecular flexibility index (Phi) is 4.76. The number of aryl methyl sites for hydroxylation is 1. The number of carbonyl (C=O) groups is 1. The lowest BCUT2D eigenvalue weighted by atomic mass is 9.95. The number of hydrogen-bond acceptors (Lipinski definition) is 3. The molecule has 5 nitrogen and oxygen atoms in total. The average Bonchev–Trinajstić information content (AvgIpc) is 2.71. The average molecular weight is 252 g/mol. The molecule has 4 N–H and O–H groups in total.